The Kier molecular flexibility index (Phi) is 3.21. The van der Waals surface area contributed by atoms with E-state index in [0.29, 0.717) is 11.5 Å². The number of hydrogen-bond donors (Lipinski definition) is 1. The van der Waals surface area contributed by atoms with Crippen LogP contribution in [0.5, 0.6) is 0 Å². The van der Waals surface area contributed by atoms with Gasteiger partial charge in [0, 0.05) is 22.9 Å². The van der Waals surface area contributed by atoms with Gasteiger partial charge in [-0.2, -0.15) is 0 Å². The molecule has 0 unspecified atom stereocenters. The Balaban J connectivity index is 1.95. The number of rotatable bonds is 4. The molecule has 0 radical (unpaired) electrons. The quantitative estimate of drug-likeness (QED) is 0.879. The summed E-state index contributed by atoms with van der Waals surface area (Å²) in [4.78, 5) is 15.0. The van der Waals surface area contributed by atoms with E-state index in [9.17, 15) is 4.79 Å². The number of carbonyl (C=O) groups excluding carboxylic acids is 1. The van der Waals surface area contributed by atoms with Gasteiger partial charge in [0.2, 0.25) is 0 Å². The van der Waals surface area contributed by atoms with Crippen LogP contribution in [0.3, 0.4) is 0 Å². The van der Waals surface area contributed by atoms with Crippen LogP contribution in [0.4, 0.5) is 5.69 Å². The van der Waals surface area contributed by atoms with Crippen LogP contribution in [0.15, 0.2) is 36.4 Å². The molecular weight excluding hydrogens is 280 g/mol. The summed E-state index contributed by atoms with van der Waals surface area (Å²) < 4.78 is 0. The van der Waals surface area contributed by atoms with Crippen molar-refractivity contribution in [3.63, 3.8) is 0 Å². The van der Waals surface area contributed by atoms with Crippen LogP contribution < -0.4 is 10.6 Å². The highest BCUT2D eigenvalue weighted by atomic mass is 32.1. The van der Waals surface area contributed by atoms with E-state index in [1.54, 1.807) is 0 Å². The summed E-state index contributed by atoms with van der Waals surface area (Å²) in [5.74, 6) is 0.0699. The van der Waals surface area contributed by atoms with Crippen molar-refractivity contribution < 1.29 is 4.79 Å². The van der Waals surface area contributed by atoms with Gasteiger partial charge in [0.15, 0.2) is 0 Å². The standard InChI is InChI=1S/C17H18N2OS/c1-17(2,16(18)21)9-10-19-13-8-4-6-11-5-3-7-12(14(11)13)15(19)20/h3-8H,9-10H2,1-2H3,(H2,18,21). The van der Waals surface area contributed by atoms with E-state index in [0.717, 1.165) is 28.4 Å². The van der Waals surface area contributed by atoms with E-state index in [1.165, 1.54) is 0 Å². The first-order chi connectivity index (χ1) is 9.92. The molecule has 2 aromatic carbocycles. The Hall–Kier alpha value is -1.94. The summed E-state index contributed by atoms with van der Waals surface area (Å²) in [6, 6.07) is 11.9. The van der Waals surface area contributed by atoms with Crippen LogP contribution in [-0.4, -0.2) is 17.4 Å². The molecule has 4 heteroatoms. The summed E-state index contributed by atoms with van der Waals surface area (Å²) in [5, 5.41) is 2.16. The summed E-state index contributed by atoms with van der Waals surface area (Å²) in [7, 11) is 0. The second kappa shape index (κ2) is 4.81. The van der Waals surface area contributed by atoms with Crippen LogP contribution in [0.2, 0.25) is 0 Å². The maximum atomic E-state index is 12.6. The van der Waals surface area contributed by atoms with Crippen molar-refractivity contribution >= 4 is 39.6 Å². The molecule has 2 N–H and O–H groups in total. The first kappa shape index (κ1) is 14.0. The monoisotopic (exact) mass is 298 g/mol. The highest BCUT2D eigenvalue weighted by molar-refractivity contribution is 7.80. The largest absolute Gasteiger partial charge is 0.393 e. The van der Waals surface area contributed by atoms with Gasteiger partial charge < -0.3 is 10.6 Å². The van der Waals surface area contributed by atoms with Gasteiger partial charge in [-0.3, -0.25) is 4.79 Å². The molecule has 3 nitrogen and oxygen atoms in total. The average molecular weight is 298 g/mol. The second-order valence-electron chi connectivity index (χ2n) is 6.14. The molecule has 108 valence electrons. The number of carbonyl (C=O) groups is 1. The zero-order valence-corrected chi connectivity index (χ0v) is 13.0. The summed E-state index contributed by atoms with van der Waals surface area (Å²) in [6.45, 7) is 4.66. The minimum absolute atomic E-state index is 0.0699. The lowest BCUT2D eigenvalue weighted by atomic mass is 9.89. The van der Waals surface area contributed by atoms with Crippen molar-refractivity contribution in [3.05, 3.63) is 42.0 Å². The van der Waals surface area contributed by atoms with E-state index in [1.807, 2.05) is 55.1 Å². The third-order valence-electron chi connectivity index (χ3n) is 4.28. The van der Waals surface area contributed by atoms with Crippen molar-refractivity contribution in [2.24, 2.45) is 11.1 Å². The Morgan fingerprint density at radius 2 is 1.90 bits per heavy atom. The molecule has 1 aliphatic rings. The van der Waals surface area contributed by atoms with Gasteiger partial charge in [0.1, 0.15) is 0 Å². The summed E-state index contributed by atoms with van der Waals surface area (Å²) >= 11 is 5.11. The predicted octanol–water partition coefficient (Wildman–Crippen LogP) is 3.50. The Morgan fingerprint density at radius 3 is 2.57 bits per heavy atom. The van der Waals surface area contributed by atoms with Crippen LogP contribution >= 0.6 is 12.2 Å². The van der Waals surface area contributed by atoms with Crippen LogP contribution in [0.25, 0.3) is 10.8 Å². The maximum absolute atomic E-state index is 12.6. The first-order valence-electron chi connectivity index (χ1n) is 7.05. The molecule has 0 fully saturated rings. The van der Waals surface area contributed by atoms with Crippen LogP contribution in [0, 0.1) is 5.41 Å². The molecule has 21 heavy (non-hydrogen) atoms. The molecular formula is C17H18N2OS. The molecule has 0 spiro atoms. The van der Waals surface area contributed by atoms with Gasteiger partial charge in [-0.15, -0.1) is 0 Å². The van der Waals surface area contributed by atoms with Gasteiger partial charge in [-0.25, -0.2) is 0 Å². The molecule has 0 bridgehead atoms. The van der Waals surface area contributed by atoms with E-state index >= 15 is 0 Å². The molecule has 0 saturated carbocycles. The predicted molar refractivity (Wildman–Crippen MR) is 90.8 cm³/mol. The van der Waals surface area contributed by atoms with E-state index in [4.69, 9.17) is 18.0 Å². The molecule has 1 heterocycles. The van der Waals surface area contributed by atoms with Crippen molar-refractivity contribution in [2.45, 2.75) is 20.3 Å². The lowest BCUT2D eigenvalue weighted by Gasteiger charge is -2.26. The van der Waals surface area contributed by atoms with Gasteiger partial charge in [-0.1, -0.05) is 50.3 Å². The minimum Gasteiger partial charge on any atom is -0.393 e. The maximum Gasteiger partial charge on any atom is 0.258 e. The van der Waals surface area contributed by atoms with Crippen molar-refractivity contribution in [1.82, 2.24) is 0 Å². The van der Waals surface area contributed by atoms with Crippen molar-refractivity contribution in [2.75, 3.05) is 11.4 Å². The van der Waals surface area contributed by atoms with E-state index in [2.05, 4.69) is 0 Å². The van der Waals surface area contributed by atoms with Crippen molar-refractivity contribution in [3.8, 4) is 0 Å². The number of benzene rings is 2. The average Bonchev–Trinajstić information content (AvgIpc) is 2.72. The van der Waals surface area contributed by atoms with Gasteiger partial charge in [-0.05, 0) is 23.9 Å². The molecule has 2 aromatic rings. The van der Waals surface area contributed by atoms with Crippen molar-refractivity contribution in [1.29, 1.82) is 0 Å². The third-order valence-corrected chi connectivity index (χ3v) is 4.83. The number of thiocarbonyl (C=S) groups is 1. The third kappa shape index (κ3) is 2.20. The smallest absolute Gasteiger partial charge is 0.258 e. The molecule has 0 aliphatic carbocycles. The van der Waals surface area contributed by atoms with Gasteiger partial charge in [0.25, 0.3) is 5.91 Å². The Labute approximate surface area is 129 Å². The Bertz CT molecular complexity index is 746. The van der Waals surface area contributed by atoms with Crippen LogP contribution in [0.1, 0.15) is 30.6 Å². The normalized spacial score (nSPS) is 14.0. The zero-order valence-electron chi connectivity index (χ0n) is 12.2. The molecule has 1 amide bonds. The number of anilines is 1. The molecule has 3 rings (SSSR count). The van der Waals surface area contributed by atoms with Gasteiger partial charge in [0.05, 0.1) is 10.7 Å². The molecule has 0 aromatic heterocycles. The summed E-state index contributed by atoms with van der Waals surface area (Å²) in [6.07, 6.45) is 0.748. The van der Waals surface area contributed by atoms with Crippen LogP contribution in [-0.2, 0) is 0 Å². The fourth-order valence-electron chi connectivity index (χ4n) is 2.72. The zero-order chi connectivity index (χ0) is 15.2. The SMILES string of the molecule is CC(C)(CCN1C(=O)c2cccc3cccc1c23)C(N)=S. The Morgan fingerprint density at radius 1 is 1.24 bits per heavy atom. The molecule has 0 saturated heterocycles. The van der Waals surface area contributed by atoms with E-state index < -0.39 is 0 Å². The fourth-order valence-corrected chi connectivity index (χ4v) is 2.82. The number of nitrogens with two attached hydrogens (primary N) is 1. The lowest BCUT2D eigenvalue weighted by molar-refractivity contribution is 0.0991. The highest BCUT2D eigenvalue weighted by Crippen LogP contribution is 2.38. The number of amides is 1. The lowest BCUT2D eigenvalue weighted by Crippen LogP contribution is -2.36. The molecule has 1 aliphatic heterocycles. The summed E-state index contributed by atoms with van der Waals surface area (Å²) in [5.41, 5.74) is 7.31. The molecule has 0 atom stereocenters. The highest BCUT2D eigenvalue weighted by Gasteiger charge is 2.31. The second-order valence-corrected chi connectivity index (χ2v) is 6.58. The van der Waals surface area contributed by atoms with E-state index in [-0.39, 0.29) is 11.3 Å². The number of nitrogens with zero attached hydrogens (tertiary/aromatic N) is 1. The van der Waals surface area contributed by atoms with Gasteiger partial charge >= 0.3 is 0 Å². The fraction of sp³-hybridized carbons (Fsp3) is 0.294. The topological polar surface area (TPSA) is 46.3 Å². The first-order valence-corrected chi connectivity index (χ1v) is 7.46. The minimum atomic E-state index is -0.252. The number of hydrogen-bond acceptors (Lipinski definition) is 2.